The molecule has 28 heavy (non-hydrogen) atoms. The molecule has 0 radical (unpaired) electrons. The molecule has 1 aliphatic heterocycles. The normalized spacial score (nSPS) is 15.4. The molecule has 3 rings (SSSR count). The van der Waals surface area contributed by atoms with E-state index in [1.54, 1.807) is 7.11 Å². The van der Waals surface area contributed by atoms with Gasteiger partial charge in [0.15, 0.2) is 0 Å². The maximum absolute atomic E-state index is 12.7. The molecule has 0 unspecified atom stereocenters. The second-order valence-corrected chi connectivity index (χ2v) is 6.91. The monoisotopic (exact) mass is 394 g/mol. The van der Waals surface area contributed by atoms with E-state index in [0.29, 0.717) is 43.2 Å². The number of carbonyl (C=O) groups excluding carboxylic acids is 1. The molecule has 0 aliphatic carbocycles. The first kappa shape index (κ1) is 20.0. The van der Waals surface area contributed by atoms with Gasteiger partial charge in [-0.25, -0.2) is 4.98 Å². The molecule has 1 amide bonds. The molecule has 1 saturated heterocycles. The van der Waals surface area contributed by atoms with E-state index in [2.05, 4.69) is 10.3 Å². The summed E-state index contributed by atoms with van der Waals surface area (Å²) in [6, 6.07) is 8.08. The molecule has 0 atom stereocenters. The number of H-pyrrole nitrogens is 1. The smallest absolute Gasteiger partial charge is 0.419 e. The van der Waals surface area contributed by atoms with Crippen molar-refractivity contribution in [3.05, 3.63) is 47.7 Å². The van der Waals surface area contributed by atoms with Crippen LogP contribution in [-0.4, -0.2) is 26.1 Å². The Balaban J connectivity index is 1.59. The first-order valence-electron chi connectivity index (χ1n) is 9.07. The maximum atomic E-state index is 12.7. The summed E-state index contributed by atoms with van der Waals surface area (Å²) in [7, 11) is 1.55. The summed E-state index contributed by atoms with van der Waals surface area (Å²) in [5.41, 5.74) is 0.951. The number of aromatic nitrogens is 1. The highest BCUT2D eigenvalue weighted by molar-refractivity contribution is 5.94. The van der Waals surface area contributed by atoms with E-state index in [9.17, 15) is 18.0 Å². The van der Waals surface area contributed by atoms with Crippen molar-refractivity contribution in [2.75, 3.05) is 30.4 Å². The van der Waals surface area contributed by atoms with Gasteiger partial charge in [-0.15, -0.1) is 0 Å². The lowest BCUT2D eigenvalue weighted by Crippen LogP contribution is -2.40. The molecule has 1 aromatic heterocycles. The van der Waals surface area contributed by atoms with Crippen molar-refractivity contribution in [1.29, 1.82) is 0 Å². The third-order valence-corrected chi connectivity index (χ3v) is 4.94. The summed E-state index contributed by atoms with van der Waals surface area (Å²) in [5.74, 6) is 0.999. The fourth-order valence-corrected chi connectivity index (χ4v) is 3.33. The summed E-state index contributed by atoms with van der Waals surface area (Å²) >= 11 is 0. The Hall–Kier alpha value is -2.77. The number of aryl methyl sites for hydroxylation is 1. The molecule has 5 nitrogen and oxygen atoms in total. The number of hydrogen-bond acceptors (Lipinski definition) is 3. The highest BCUT2D eigenvalue weighted by Crippen LogP contribution is 2.30. The number of pyridine rings is 1. The Labute approximate surface area is 161 Å². The average molecular weight is 394 g/mol. The molecular formula is C20H23F3N3O2+. The van der Waals surface area contributed by atoms with Crippen LogP contribution in [-0.2, 0) is 11.0 Å². The van der Waals surface area contributed by atoms with Gasteiger partial charge in [0.1, 0.15) is 11.9 Å². The maximum Gasteiger partial charge on any atom is 0.419 e. The highest BCUT2D eigenvalue weighted by Gasteiger charge is 2.33. The largest absolute Gasteiger partial charge is 0.495 e. The molecule has 2 N–H and O–H groups in total. The van der Waals surface area contributed by atoms with Gasteiger partial charge < -0.3 is 10.1 Å². The Bertz CT molecular complexity index is 830. The molecule has 2 aromatic rings. The molecule has 1 aromatic carbocycles. The summed E-state index contributed by atoms with van der Waals surface area (Å²) in [6.07, 6.45) is -2.15. The van der Waals surface area contributed by atoms with Crippen LogP contribution in [0.5, 0.6) is 5.75 Å². The first-order valence-corrected chi connectivity index (χ1v) is 9.07. The predicted octanol–water partition coefficient (Wildman–Crippen LogP) is 3.69. The fraction of sp³-hybridized carbons (Fsp3) is 0.400. The van der Waals surface area contributed by atoms with Gasteiger partial charge in [-0.1, -0.05) is 6.07 Å². The van der Waals surface area contributed by atoms with Gasteiger partial charge in [0.05, 0.1) is 31.5 Å². The summed E-state index contributed by atoms with van der Waals surface area (Å²) in [6.45, 7) is 3.12. The van der Waals surface area contributed by atoms with E-state index in [-0.39, 0.29) is 11.8 Å². The Morgan fingerprint density at radius 3 is 2.50 bits per heavy atom. The lowest BCUT2D eigenvalue weighted by atomic mass is 9.95. The van der Waals surface area contributed by atoms with Crippen molar-refractivity contribution >= 4 is 17.4 Å². The minimum atomic E-state index is -4.36. The van der Waals surface area contributed by atoms with E-state index in [0.717, 1.165) is 17.8 Å². The molecular weight excluding hydrogens is 371 g/mol. The molecule has 150 valence electrons. The summed E-state index contributed by atoms with van der Waals surface area (Å²) < 4.78 is 43.3. The number of rotatable bonds is 4. The van der Waals surface area contributed by atoms with E-state index < -0.39 is 11.7 Å². The zero-order valence-corrected chi connectivity index (χ0v) is 15.8. The van der Waals surface area contributed by atoms with Gasteiger partial charge in [0, 0.05) is 12.0 Å². The van der Waals surface area contributed by atoms with Gasteiger partial charge in [0.2, 0.25) is 5.91 Å². The lowest BCUT2D eigenvalue weighted by molar-refractivity contribution is -0.367. The molecule has 0 spiro atoms. The Morgan fingerprint density at radius 1 is 1.21 bits per heavy atom. The van der Waals surface area contributed by atoms with Crippen LogP contribution in [0.4, 0.5) is 24.7 Å². The number of anilines is 2. The number of ether oxygens (including phenoxy) is 1. The second-order valence-electron chi connectivity index (χ2n) is 6.91. The van der Waals surface area contributed by atoms with Crippen molar-refractivity contribution < 1.29 is 27.7 Å². The van der Waals surface area contributed by atoms with Gasteiger partial charge in [-0.3, -0.25) is 9.69 Å². The second kappa shape index (κ2) is 8.08. The van der Waals surface area contributed by atoms with E-state index in [4.69, 9.17) is 4.74 Å². The zero-order valence-electron chi connectivity index (χ0n) is 15.8. The zero-order chi connectivity index (χ0) is 20.3. The standard InChI is InChI=1S/C20H22F3N3O2/c1-13-3-5-17(28-2)16(11-13)25-19(27)14-7-9-26(10-8-14)18-6-4-15(12-24-18)20(21,22)23/h3-6,11-12,14H,7-10H2,1-2H3,(H,25,27)/p+1. The third-order valence-electron chi connectivity index (χ3n) is 4.94. The Kier molecular flexibility index (Phi) is 5.76. The minimum Gasteiger partial charge on any atom is -0.495 e. The number of amides is 1. The van der Waals surface area contributed by atoms with Gasteiger partial charge in [-0.05, 0) is 43.5 Å². The van der Waals surface area contributed by atoms with Crippen molar-refractivity contribution in [3.8, 4) is 5.75 Å². The minimum absolute atomic E-state index is 0.0695. The van der Waals surface area contributed by atoms with Gasteiger partial charge in [-0.2, -0.15) is 13.2 Å². The number of methoxy groups -OCH3 is 1. The third kappa shape index (κ3) is 4.55. The SMILES string of the molecule is COc1ccc(C)cc1NC(=O)C1CCN(c2ccc(C(F)(F)F)c[nH+]2)CC1. The molecule has 2 heterocycles. The summed E-state index contributed by atoms with van der Waals surface area (Å²) in [5, 5.41) is 2.94. The van der Waals surface area contributed by atoms with E-state index in [1.165, 1.54) is 6.07 Å². The van der Waals surface area contributed by atoms with Crippen molar-refractivity contribution in [2.24, 2.45) is 5.92 Å². The molecule has 0 bridgehead atoms. The number of nitrogens with one attached hydrogen (secondary N) is 2. The van der Waals surface area contributed by atoms with Crippen LogP contribution in [0.1, 0.15) is 24.0 Å². The number of nitrogens with zero attached hydrogens (tertiary/aromatic N) is 1. The topological polar surface area (TPSA) is 55.7 Å². The first-order chi connectivity index (χ1) is 13.3. The molecule has 1 fully saturated rings. The van der Waals surface area contributed by atoms with Crippen molar-refractivity contribution in [1.82, 2.24) is 0 Å². The van der Waals surface area contributed by atoms with Gasteiger partial charge >= 0.3 is 6.18 Å². The number of hydrogen-bond donors (Lipinski definition) is 1. The van der Waals surface area contributed by atoms with Crippen LogP contribution in [0.15, 0.2) is 36.5 Å². The van der Waals surface area contributed by atoms with Crippen LogP contribution >= 0.6 is 0 Å². The number of aromatic amines is 1. The number of carbonyl (C=O) groups is 1. The molecule has 8 heteroatoms. The van der Waals surface area contributed by atoms with Crippen LogP contribution in [0.3, 0.4) is 0 Å². The number of halogens is 3. The van der Waals surface area contributed by atoms with Crippen LogP contribution in [0, 0.1) is 12.8 Å². The quantitative estimate of drug-likeness (QED) is 0.861. The van der Waals surface area contributed by atoms with Crippen molar-refractivity contribution in [3.63, 3.8) is 0 Å². The number of benzene rings is 1. The fourth-order valence-electron chi connectivity index (χ4n) is 3.33. The Morgan fingerprint density at radius 2 is 1.93 bits per heavy atom. The molecule has 1 aliphatic rings. The molecule has 0 saturated carbocycles. The van der Waals surface area contributed by atoms with Gasteiger partial charge in [0.25, 0.3) is 5.82 Å². The highest BCUT2D eigenvalue weighted by atomic mass is 19.4. The van der Waals surface area contributed by atoms with E-state index >= 15 is 0 Å². The lowest BCUT2D eigenvalue weighted by Gasteiger charge is -2.27. The summed E-state index contributed by atoms with van der Waals surface area (Å²) in [4.78, 5) is 17.3. The van der Waals surface area contributed by atoms with Crippen LogP contribution < -0.4 is 19.9 Å². The van der Waals surface area contributed by atoms with E-state index in [1.807, 2.05) is 30.0 Å². The van der Waals surface area contributed by atoms with Crippen molar-refractivity contribution in [2.45, 2.75) is 25.9 Å². The number of alkyl halides is 3. The predicted molar refractivity (Wildman–Crippen MR) is 99.3 cm³/mol. The average Bonchev–Trinajstić information content (AvgIpc) is 2.68. The van der Waals surface area contributed by atoms with Crippen LogP contribution in [0.25, 0.3) is 0 Å². The number of piperidine rings is 1. The van der Waals surface area contributed by atoms with Crippen LogP contribution in [0.2, 0.25) is 0 Å².